The Morgan fingerprint density at radius 1 is 1.75 bits per heavy atom. The summed E-state index contributed by atoms with van der Waals surface area (Å²) in [7, 11) is 0. The third-order valence-electron chi connectivity index (χ3n) is 2.10. The van der Waals surface area contributed by atoms with E-state index in [1.165, 1.54) is 0 Å². The van der Waals surface area contributed by atoms with Crippen molar-refractivity contribution in [1.82, 2.24) is 5.32 Å². The van der Waals surface area contributed by atoms with Crippen LogP contribution in [0.2, 0.25) is 0 Å². The van der Waals surface area contributed by atoms with E-state index < -0.39 is 5.54 Å². The van der Waals surface area contributed by atoms with Gasteiger partial charge in [-0.3, -0.25) is 4.79 Å². The summed E-state index contributed by atoms with van der Waals surface area (Å²) in [5, 5.41) is 3.09. The number of carbonyl (C=O) groups is 1. The van der Waals surface area contributed by atoms with Gasteiger partial charge in [0.05, 0.1) is 6.61 Å². The maximum atomic E-state index is 11.3. The SMILES string of the molecule is CCOC(=O)C1(N)CCCNC1. The van der Waals surface area contributed by atoms with Gasteiger partial charge in [-0.25, -0.2) is 0 Å². The van der Waals surface area contributed by atoms with Crippen molar-refractivity contribution >= 4 is 5.97 Å². The van der Waals surface area contributed by atoms with Gasteiger partial charge in [-0.2, -0.15) is 0 Å². The lowest BCUT2D eigenvalue weighted by atomic mass is 9.91. The van der Waals surface area contributed by atoms with Crippen LogP contribution >= 0.6 is 0 Å². The number of carbonyl (C=O) groups excluding carboxylic acids is 1. The molecule has 0 spiro atoms. The molecule has 1 fully saturated rings. The van der Waals surface area contributed by atoms with Gasteiger partial charge in [0.25, 0.3) is 0 Å². The molecule has 1 atom stereocenters. The zero-order valence-electron chi connectivity index (χ0n) is 7.43. The van der Waals surface area contributed by atoms with Crippen molar-refractivity contribution in [1.29, 1.82) is 0 Å². The van der Waals surface area contributed by atoms with Crippen molar-refractivity contribution < 1.29 is 9.53 Å². The Morgan fingerprint density at radius 3 is 3.00 bits per heavy atom. The average Bonchev–Trinajstić information content (AvgIpc) is 2.06. The summed E-state index contributed by atoms with van der Waals surface area (Å²) in [6.07, 6.45) is 1.66. The predicted octanol–water partition coefficient (Wildman–Crippen LogP) is -0.370. The number of rotatable bonds is 2. The lowest BCUT2D eigenvalue weighted by Crippen LogP contribution is -2.58. The van der Waals surface area contributed by atoms with Crippen molar-refractivity contribution in [2.45, 2.75) is 25.3 Å². The van der Waals surface area contributed by atoms with Gasteiger partial charge in [-0.1, -0.05) is 0 Å². The lowest BCUT2D eigenvalue weighted by molar-refractivity contribution is -0.150. The van der Waals surface area contributed by atoms with Crippen LogP contribution in [0.15, 0.2) is 0 Å². The quantitative estimate of drug-likeness (QED) is 0.558. The van der Waals surface area contributed by atoms with E-state index in [1.807, 2.05) is 0 Å². The van der Waals surface area contributed by atoms with Crippen molar-refractivity contribution in [3.8, 4) is 0 Å². The zero-order valence-corrected chi connectivity index (χ0v) is 7.43. The molecule has 3 N–H and O–H groups in total. The molecule has 0 aromatic carbocycles. The van der Waals surface area contributed by atoms with Crippen LogP contribution in [0.3, 0.4) is 0 Å². The molecule has 1 unspecified atom stereocenters. The van der Waals surface area contributed by atoms with Gasteiger partial charge >= 0.3 is 5.97 Å². The van der Waals surface area contributed by atoms with Crippen LogP contribution in [0.25, 0.3) is 0 Å². The summed E-state index contributed by atoms with van der Waals surface area (Å²) in [4.78, 5) is 11.3. The normalized spacial score (nSPS) is 29.8. The molecule has 12 heavy (non-hydrogen) atoms. The Hall–Kier alpha value is -0.610. The lowest BCUT2D eigenvalue weighted by Gasteiger charge is -2.31. The van der Waals surface area contributed by atoms with Crippen LogP contribution in [0.4, 0.5) is 0 Å². The minimum atomic E-state index is -0.783. The largest absolute Gasteiger partial charge is 0.465 e. The van der Waals surface area contributed by atoms with E-state index in [0.717, 1.165) is 19.4 Å². The van der Waals surface area contributed by atoms with E-state index >= 15 is 0 Å². The molecule has 1 rings (SSSR count). The maximum Gasteiger partial charge on any atom is 0.327 e. The molecule has 1 saturated heterocycles. The summed E-state index contributed by atoms with van der Waals surface area (Å²) in [6, 6.07) is 0. The van der Waals surface area contributed by atoms with Crippen molar-refractivity contribution in [2.75, 3.05) is 19.7 Å². The molecule has 4 heteroatoms. The summed E-state index contributed by atoms with van der Waals surface area (Å²) in [6.45, 7) is 3.67. The number of esters is 1. The molecule has 4 nitrogen and oxygen atoms in total. The van der Waals surface area contributed by atoms with Crippen LogP contribution in [0.5, 0.6) is 0 Å². The second-order valence-electron chi connectivity index (χ2n) is 3.16. The van der Waals surface area contributed by atoms with Crippen LogP contribution in [-0.2, 0) is 9.53 Å². The zero-order chi connectivity index (χ0) is 9.03. The summed E-state index contributed by atoms with van der Waals surface area (Å²) < 4.78 is 4.88. The van der Waals surface area contributed by atoms with Crippen LogP contribution in [-0.4, -0.2) is 31.2 Å². The molecular weight excluding hydrogens is 156 g/mol. The summed E-state index contributed by atoms with van der Waals surface area (Å²) >= 11 is 0. The Morgan fingerprint density at radius 2 is 2.50 bits per heavy atom. The van der Waals surface area contributed by atoms with E-state index in [9.17, 15) is 4.79 Å². The number of piperidine rings is 1. The van der Waals surface area contributed by atoms with E-state index in [1.54, 1.807) is 6.92 Å². The van der Waals surface area contributed by atoms with Crippen molar-refractivity contribution in [3.05, 3.63) is 0 Å². The molecule has 0 aromatic heterocycles. The van der Waals surface area contributed by atoms with Crippen LogP contribution in [0.1, 0.15) is 19.8 Å². The standard InChI is InChI=1S/C8H16N2O2/c1-2-12-7(11)8(9)4-3-5-10-6-8/h10H,2-6,9H2,1H3. The van der Waals surface area contributed by atoms with Gasteiger partial charge in [0, 0.05) is 6.54 Å². The smallest absolute Gasteiger partial charge is 0.327 e. The first-order chi connectivity index (χ1) is 5.69. The van der Waals surface area contributed by atoms with E-state index in [0.29, 0.717) is 13.2 Å². The second-order valence-corrected chi connectivity index (χ2v) is 3.16. The monoisotopic (exact) mass is 172 g/mol. The Balaban J connectivity index is 2.50. The highest BCUT2D eigenvalue weighted by Crippen LogP contribution is 2.14. The molecule has 1 heterocycles. The molecule has 0 amide bonds. The van der Waals surface area contributed by atoms with Crippen molar-refractivity contribution in [3.63, 3.8) is 0 Å². The fourth-order valence-electron chi connectivity index (χ4n) is 1.38. The highest BCUT2D eigenvalue weighted by atomic mass is 16.5. The highest BCUT2D eigenvalue weighted by Gasteiger charge is 2.36. The fourth-order valence-corrected chi connectivity index (χ4v) is 1.38. The first-order valence-electron chi connectivity index (χ1n) is 4.36. The fraction of sp³-hybridized carbons (Fsp3) is 0.875. The van der Waals surface area contributed by atoms with Gasteiger partial charge in [0.2, 0.25) is 0 Å². The minimum Gasteiger partial charge on any atom is -0.465 e. The molecule has 1 aliphatic heterocycles. The predicted molar refractivity (Wildman–Crippen MR) is 45.7 cm³/mol. The van der Waals surface area contributed by atoms with E-state index in [-0.39, 0.29) is 5.97 Å². The van der Waals surface area contributed by atoms with Gasteiger partial charge in [-0.05, 0) is 26.3 Å². The van der Waals surface area contributed by atoms with Crippen LogP contribution in [0, 0.1) is 0 Å². The average molecular weight is 172 g/mol. The number of hydrogen-bond donors (Lipinski definition) is 2. The Bertz CT molecular complexity index is 164. The molecular formula is C8H16N2O2. The van der Waals surface area contributed by atoms with Gasteiger partial charge in [0.15, 0.2) is 0 Å². The number of nitrogens with two attached hydrogens (primary N) is 1. The van der Waals surface area contributed by atoms with Gasteiger partial charge in [-0.15, -0.1) is 0 Å². The molecule has 70 valence electrons. The van der Waals surface area contributed by atoms with E-state index in [2.05, 4.69) is 5.32 Å². The van der Waals surface area contributed by atoms with Gasteiger partial charge < -0.3 is 15.8 Å². The highest BCUT2D eigenvalue weighted by molar-refractivity contribution is 5.81. The minimum absolute atomic E-state index is 0.280. The number of nitrogens with one attached hydrogen (secondary N) is 1. The van der Waals surface area contributed by atoms with E-state index in [4.69, 9.17) is 10.5 Å². The molecule has 1 aliphatic rings. The number of hydrogen-bond acceptors (Lipinski definition) is 4. The molecule has 0 bridgehead atoms. The summed E-state index contributed by atoms with van der Waals surface area (Å²) in [5.41, 5.74) is 5.07. The van der Waals surface area contributed by atoms with Gasteiger partial charge in [0.1, 0.15) is 5.54 Å². The van der Waals surface area contributed by atoms with Crippen LogP contribution < -0.4 is 11.1 Å². The molecule has 0 aliphatic carbocycles. The third kappa shape index (κ3) is 1.95. The Labute approximate surface area is 72.5 Å². The Kier molecular flexibility index (Phi) is 3.05. The second kappa shape index (κ2) is 3.87. The third-order valence-corrected chi connectivity index (χ3v) is 2.10. The number of ether oxygens (including phenoxy) is 1. The first-order valence-corrected chi connectivity index (χ1v) is 4.36. The molecule has 0 saturated carbocycles. The topological polar surface area (TPSA) is 64.3 Å². The molecule has 0 radical (unpaired) electrons. The first kappa shape index (κ1) is 9.48. The summed E-state index contributed by atoms with van der Waals surface area (Å²) in [5.74, 6) is -0.280. The van der Waals surface area contributed by atoms with Crippen molar-refractivity contribution in [2.24, 2.45) is 5.73 Å². The maximum absolute atomic E-state index is 11.3. The molecule has 0 aromatic rings.